The van der Waals surface area contributed by atoms with Crippen molar-refractivity contribution in [3.63, 3.8) is 0 Å². The van der Waals surface area contributed by atoms with E-state index in [1.54, 1.807) is 17.4 Å². The smallest absolute Gasteiger partial charge is 0.0467 e. The van der Waals surface area contributed by atoms with Gasteiger partial charge in [-0.1, -0.05) is 36.2 Å². The Bertz CT molecular complexity index is 556. The molecule has 0 aliphatic carbocycles. The largest absolute Gasteiger partial charge is 0.309 e. The van der Waals surface area contributed by atoms with Gasteiger partial charge in [0, 0.05) is 25.4 Å². The molecule has 19 heavy (non-hydrogen) atoms. The first kappa shape index (κ1) is 15.3. The Morgan fingerprint density at radius 1 is 1.32 bits per heavy atom. The van der Waals surface area contributed by atoms with E-state index in [9.17, 15) is 0 Å². The summed E-state index contributed by atoms with van der Waals surface area (Å²) in [5.74, 6) is 0. The zero-order valence-corrected chi connectivity index (χ0v) is 14.3. The van der Waals surface area contributed by atoms with Gasteiger partial charge in [0.15, 0.2) is 0 Å². The van der Waals surface area contributed by atoms with Crippen LogP contribution in [0.5, 0.6) is 0 Å². The highest BCUT2D eigenvalue weighted by atomic mass is 79.9. The van der Waals surface area contributed by atoms with Crippen LogP contribution < -0.4 is 5.32 Å². The molecule has 5 heteroatoms. The van der Waals surface area contributed by atoms with Crippen molar-refractivity contribution in [1.29, 1.82) is 0 Å². The predicted molar refractivity (Wildman–Crippen MR) is 88.6 cm³/mol. The lowest BCUT2D eigenvalue weighted by atomic mass is 10.0. The molecule has 1 unspecified atom stereocenters. The first-order chi connectivity index (χ1) is 9.11. The second-order valence-electron chi connectivity index (χ2n) is 4.18. The average Bonchev–Trinajstić information content (AvgIpc) is 2.78. The summed E-state index contributed by atoms with van der Waals surface area (Å²) in [5, 5.41) is 6.99. The quantitative estimate of drug-likeness (QED) is 0.702. The van der Waals surface area contributed by atoms with Crippen molar-refractivity contribution in [3.05, 3.63) is 54.6 Å². The zero-order valence-electron chi connectivity index (χ0n) is 10.4. The lowest BCUT2D eigenvalue weighted by Gasteiger charge is -2.18. The molecule has 2 rings (SSSR count). The van der Waals surface area contributed by atoms with E-state index >= 15 is 0 Å². The summed E-state index contributed by atoms with van der Waals surface area (Å²) in [6.45, 7) is 3.03. The second kappa shape index (κ2) is 7.09. The molecule has 2 aromatic rings. The van der Waals surface area contributed by atoms with Crippen molar-refractivity contribution in [1.82, 2.24) is 5.32 Å². The molecule has 0 saturated heterocycles. The summed E-state index contributed by atoms with van der Waals surface area (Å²) in [6, 6.07) is 8.02. The molecule has 1 nitrogen and oxygen atoms in total. The molecule has 0 aliphatic heterocycles. The number of hydrogen-bond acceptors (Lipinski definition) is 2. The Morgan fingerprint density at radius 3 is 2.68 bits per heavy atom. The van der Waals surface area contributed by atoms with Gasteiger partial charge in [-0.2, -0.15) is 0 Å². The molecule has 102 valence electrons. The highest BCUT2D eigenvalue weighted by Crippen LogP contribution is 2.33. The van der Waals surface area contributed by atoms with Crippen LogP contribution in [0, 0.1) is 0 Å². The molecule has 0 spiro atoms. The number of benzene rings is 1. The fourth-order valence-corrected chi connectivity index (χ4v) is 4.18. The van der Waals surface area contributed by atoms with Crippen molar-refractivity contribution < 1.29 is 0 Å². The van der Waals surface area contributed by atoms with Gasteiger partial charge < -0.3 is 5.32 Å². The molecule has 1 heterocycles. The van der Waals surface area contributed by atoms with Crippen molar-refractivity contribution in [2.45, 2.75) is 19.4 Å². The van der Waals surface area contributed by atoms with Crippen LogP contribution in [0.3, 0.4) is 0 Å². The number of rotatable bonds is 5. The molecule has 0 bridgehead atoms. The van der Waals surface area contributed by atoms with Crippen LogP contribution in [0.1, 0.15) is 23.4 Å². The highest BCUT2D eigenvalue weighted by Gasteiger charge is 2.17. The van der Waals surface area contributed by atoms with Gasteiger partial charge in [0.05, 0.1) is 0 Å². The maximum atomic E-state index is 6.25. The number of thiophene rings is 1. The van der Waals surface area contributed by atoms with Crippen LogP contribution in [0.25, 0.3) is 0 Å². The van der Waals surface area contributed by atoms with Crippen LogP contribution in [0.4, 0.5) is 0 Å². The number of nitrogens with one attached hydrogen (secondary N) is 1. The minimum atomic E-state index is 0.262. The Kier molecular flexibility index (Phi) is 5.72. The second-order valence-corrected chi connectivity index (χ2v) is 6.83. The summed E-state index contributed by atoms with van der Waals surface area (Å²) in [6.07, 6.45) is 0.850. The summed E-state index contributed by atoms with van der Waals surface area (Å²) in [4.78, 5) is 1.30. The lowest BCUT2D eigenvalue weighted by Crippen LogP contribution is -2.22. The van der Waals surface area contributed by atoms with E-state index in [0.717, 1.165) is 28.0 Å². The third-order valence-corrected chi connectivity index (χ3v) is 5.42. The van der Waals surface area contributed by atoms with E-state index in [1.165, 1.54) is 4.88 Å². The maximum Gasteiger partial charge on any atom is 0.0467 e. The van der Waals surface area contributed by atoms with Gasteiger partial charge in [0.2, 0.25) is 0 Å². The minimum absolute atomic E-state index is 0.262. The van der Waals surface area contributed by atoms with E-state index in [-0.39, 0.29) is 6.04 Å². The summed E-state index contributed by atoms with van der Waals surface area (Å²) in [7, 11) is 0. The molecule has 0 aliphatic rings. The highest BCUT2D eigenvalue weighted by molar-refractivity contribution is 9.10. The van der Waals surface area contributed by atoms with Gasteiger partial charge >= 0.3 is 0 Å². The van der Waals surface area contributed by atoms with Crippen molar-refractivity contribution in [3.8, 4) is 0 Å². The Morgan fingerprint density at radius 2 is 2.11 bits per heavy atom. The summed E-state index contributed by atoms with van der Waals surface area (Å²) < 4.78 is 1.15. The molecular weight excluding hydrogens is 365 g/mol. The maximum absolute atomic E-state index is 6.25. The van der Waals surface area contributed by atoms with Gasteiger partial charge in [0.1, 0.15) is 0 Å². The van der Waals surface area contributed by atoms with Crippen LogP contribution in [0.2, 0.25) is 10.0 Å². The third kappa shape index (κ3) is 3.96. The van der Waals surface area contributed by atoms with E-state index < -0.39 is 0 Å². The first-order valence-corrected chi connectivity index (χ1v) is 8.45. The zero-order chi connectivity index (χ0) is 13.8. The Labute approximate surface area is 136 Å². The SMILES string of the molecule is CCNC(Cc1ccc(Cl)cc1Cl)c1sccc1Br. The van der Waals surface area contributed by atoms with Gasteiger partial charge in [-0.05, 0) is 58.0 Å². The van der Waals surface area contributed by atoms with Gasteiger partial charge in [-0.15, -0.1) is 11.3 Å². The van der Waals surface area contributed by atoms with E-state index in [4.69, 9.17) is 23.2 Å². The van der Waals surface area contributed by atoms with Crippen LogP contribution >= 0.6 is 50.5 Å². The van der Waals surface area contributed by atoms with Gasteiger partial charge in [-0.25, -0.2) is 0 Å². The Balaban J connectivity index is 2.24. The van der Waals surface area contributed by atoms with E-state index in [0.29, 0.717) is 5.02 Å². The topological polar surface area (TPSA) is 12.0 Å². The molecule has 1 atom stereocenters. The minimum Gasteiger partial charge on any atom is -0.309 e. The number of hydrogen-bond donors (Lipinski definition) is 1. The molecule has 0 fully saturated rings. The first-order valence-electron chi connectivity index (χ1n) is 6.02. The molecule has 0 radical (unpaired) electrons. The third-order valence-electron chi connectivity index (χ3n) is 2.85. The van der Waals surface area contributed by atoms with Crippen LogP contribution in [-0.4, -0.2) is 6.54 Å². The molecular formula is C14H14BrCl2NS. The fourth-order valence-electron chi connectivity index (χ4n) is 1.97. The standard InChI is InChI=1S/C14H14BrCl2NS/c1-2-18-13(14-11(15)5-6-19-14)7-9-3-4-10(16)8-12(9)17/h3-6,8,13,18H,2,7H2,1H3. The molecule has 1 aromatic carbocycles. The van der Waals surface area contributed by atoms with Gasteiger partial charge in [0.25, 0.3) is 0 Å². The number of likely N-dealkylation sites (N-methyl/N-ethyl adjacent to an activating group) is 1. The van der Waals surface area contributed by atoms with E-state index in [1.807, 2.05) is 12.1 Å². The summed E-state index contributed by atoms with van der Waals surface area (Å²) >= 11 is 17.5. The number of halogens is 3. The van der Waals surface area contributed by atoms with Crippen molar-refractivity contribution in [2.75, 3.05) is 6.54 Å². The van der Waals surface area contributed by atoms with Crippen LogP contribution in [-0.2, 0) is 6.42 Å². The van der Waals surface area contributed by atoms with Crippen molar-refractivity contribution in [2.24, 2.45) is 0 Å². The molecule has 1 N–H and O–H groups in total. The normalized spacial score (nSPS) is 12.6. The molecule has 0 amide bonds. The monoisotopic (exact) mass is 377 g/mol. The lowest BCUT2D eigenvalue weighted by molar-refractivity contribution is 0.556. The van der Waals surface area contributed by atoms with E-state index in [2.05, 4.69) is 39.6 Å². The summed E-state index contributed by atoms with van der Waals surface area (Å²) in [5.41, 5.74) is 1.11. The average molecular weight is 379 g/mol. The van der Waals surface area contributed by atoms with Crippen molar-refractivity contribution >= 4 is 50.5 Å². The van der Waals surface area contributed by atoms with Gasteiger partial charge in [-0.3, -0.25) is 0 Å². The molecule has 1 aromatic heterocycles. The van der Waals surface area contributed by atoms with Crippen LogP contribution in [0.15, 0.2) is 34.1 Å². The fraction of sp³-hybridized carbons (Fsp3) is 0.286. The predicted octanol–water partition coefficient (Wildman–Crippen LogP) is 5.71. The Hall–Kier alpha value is -0.0600. The molecule has 0 saturated carbocycles.